The van der Waals surface area contributed by atoms with E-state index in [-0.39, 0.29) is 0 Å². The van der Waals surface area contributed by atoms with Crippen molar-refractivity contribution in [1.82, 2.24) is 19.7 Å². The zero-order chi connectivity index (χ0) is 17.4. The Labute approximate surface area is 148 Å². The van der Waals surface area contributed by atoms with Gasteiger partial charge in [0.15, 0.2) is 0 Å². The molecule has 1 aromatic carbocycles. The first-order valence-corrected chi connectivity index (χ1v) is 8.60. The lowest BCUT2D eigenvalue weighted by Crippen LogP contribution is -1.99. The first-order valence-electron chi connectivity index (χ1n) is 7.72. The van der Waals surface area contributed by atoms with Gasteiger partial charge in [0.05, 0.1) is 28.8 Å². The predicted octanol–water partition coefficient (Wildman–Crippen LogP) is 4.05. The fourth-order valence-corrected chi connectivity index (χ4v) is 3.39. The summed E-state index contributed by atoms with van der Waals surface area (Å²) in [4.78, 5) is 9.09. The number of oxime groups is 1. The second-order valence-corrected chi connectivity index (χ2v) is 6.53. The van der Waals surface area contributed by atoms with E-state index in [1.54, 1.807) is 18.3 Å². The van der Waals surface area contributed by atoms with E-state index in [1.165, 1.54) is 0 Å². The minimum absolute atomic E-state index is 0.478. The maximum absolute atomic E-state index is 8.96. The molecule has 0 saturated heterocycles. The van der Waals surface area contributed by atoms with Gasteiger partial charge in [0.25, 0.3) is 0 Å². The third-order valence-corrected chi connectivity index (χ3v) is 4.86. The number of pyridine rings is 1. The molecule has 0 saturated carbocycles. The zero-order valence-electron chi connectivity index (χ0n) is 13.7. The summed E-state index contributed by atoms with van der Waals surface area (Å²) in [6.07, 6.45) is 1.84. The minimum atomic E-state index is 0.478. The summed E-state index contributed by atoms with van der Waals surface area (Å²) in [7, 11) is 0. The van der Waals surface area contributed by atoms with E-state index in [1.807, 2.05) is 53.5 Å². The van der Waals surface area contributed by atoms with Gasteiger partial charge >= 0.3 is 0 Å². The van der Waals surface area contributed by atoms with Crippen LogP contribution in [0.25, 0.3) is 27.3 Å². The molecule has 124 valence electrons. The summed E-state index contributed by atoms with van der Waals surface area (Å²) in [6, 6.07) is 11.7. The monoisotopic (exact) mass is 349 g/mol. The highest BCUT2D eigenvalue weighted by Crippen LogP contribution is 2.26. The summed E-state index contributed by atoms with van der Waals surface area (Å²) in [5, 5.41) is 20.5. The normalized spacial score (nSPS) is 12.0. The zero-order valence-corrected chi connectivity index (χ0v) is 14.5. The van der Waals surface area contributed by atoms with Crippen LogP contribution in [0.4, 0.5) is 0 Å². The Hall–Kier alpha value is -3.06. The molecule has 7 heteroatoms. The third-order valence-electron chi connectivity index (χ3n) is 3.92. The molecule has 0 bridgehead atoms. The fraction of sp³-hybridized carbons (Fsp3) is 0.111. The van der Waals surface area contributed by atoms with E-state index < -0.39 is 0 Å². The van der Waals surface area contributed by atoms with Crippen molar-refractivity contribution >= 4 is 28.0 Å². The van der Waals surface area contributed by atoms with Crippen molar-refractivity contribution in [2.24, 2.45) is 5.16 Å². The highest BCUT2D eigenvalue weighted by atomic mass is 32.1. The van der Waals surface area contributed by atoms with E-state index in [0.29, 0.717) is 11.4 Å². The summed E-state index contributed by atoms with van der Waals surface area (Å²) in [6.45, 7) is 3.69. The number of hydrogen-bond acceptors (Lipinski definition) is 6. The molecule has 0 spiro atoms. The predicted molar refractivity (Wildman–Crippen MR) is 98.7 cm³/mol. The number of rotatable bonds is 3. The van der Waals surface area contributed by atoms with Gasteiger partial charge in [-0.15, -0.1) is 11.3 Å². The summed E-state index contributed by atoms with van der Waals surface area (Å²) in [5.41, 5.74) is 4.86. The molecular formula is C18H15N5OS. The van der Waals surface area contributed by atoms with Crippen molar-refractivity contribution in [3.63, 3.8) is 0 Å². The first kappa shape index (κ1) is 15.5. The largest absolute Gasteiger partial charge is 0.411 e. The summed E-state index contributed by atoms with van der Waals surface area (Å²) in [5.74, 6) is 0. The molecule has 6 nitrogen and oxygen atoms in total. The molecule has 4 rings (SSSR count). The topological polar surface area (TPSA) is 76.2 Å². The Morgan fingerprint density at radius 2 is 2.08 bits per heavy atom. The lowest BCUT2D eigenvalue weighted by atomic mass is 10.1. The molecule has 0 atom stereocenters. The van der Waals surface area contributed by atoms with Gasteiger partial charge in [-0.3, -0.25) is 0 Å². The second-order valence-electron chi connectivity index (χ2n) is 5.69. The number of aryl methyl sites for hydroxylation is 1. The van der Waals surface area contributed by atoms with Crippen LogP contribution in [0.2, 0.25) is 0 Å². The molecule has 0 aliphatic heterocycles. The van der Waals surface area contributed by atoms with Crippen molar-refractivity contribution in [2.75, 3.05) is 0 Å². The number of fused-ring (bicyclic) bond motifs is 1. The van der Waals surface area contributed by atoms with E-state index in [2.05, 4.69) is 26.3 Å². The van der Waals surface area contributed by atoms with Crippen molar-refractivity contribution < 1.29 is 5.21 Å². The fourth-order valence-electron chi connectivity index (χ4n) is 2.62. The van der Waals surface area contributed by atoms with E-state index in [0.717, 1.165) is 33.0 Å². The minimum Gasteiger partial charge on any atom is -0.411 e. The molecule has 0 fully saturated rings. The Balaban J connectivity index is 1.84. The van der Waals surface area contributed by atoms with Gasteiger partial charge in [0.2, 0.25) is 5.13 Å². The van der Waals surface area contributed by atoms with Gasteiger partial charge in [0, 0.05) is 16.3 Å². The number of aromatic nitrogens is 4. The van der Waals surface area contributed by atoms with Crippen LogP contribution >= 0.6 is 11.3 Å². The van der Waals surface area contributed by atoms with Crippen molar-refractivity contribution in [3.05, 3.63) is 59.4 Å². The molecule has 0 radical (unpaired) electrons. The van der Waals surface area contributed by atoms with Crippen LogP contribution in [0, 0.1) is 6.92 Å². The summed E-state index contributed by atoms with van der Waals surface area (Å²) >= 11 is 1.56. The van der Waals surface area contributed by atoms with Crippen LogP contribution < -0.4 is 0 Å². The Bertz CT molecular complexity index is 1100. The molecule has 0 unspecified atom stereocenters. The van der Waals surface area contributed by atoms with Crippen molar-refractivity contribution in [3.8, 4) is 16.4 Å². The van der Waals surface area contributed by atoms with Gasteiger partial charge in [0.1, 0.15) is 5.71 Å². The van der Waals surface area contributed by atoms with Gasteiger partial charge in [-0.2, -0.15) is 5.10 Å². The number of hydrogen-bond donors (Lipinski definition) is 1. The lowest BCUT2D eigenvalue weighted by molar-refractivity contribution is 0.319. The molecule has 0 amide bonds. The lowest BCUT2D eigenvalue weighted by Gasteiger charge is -2.05. The number of thiazole rings is 1. The highest BCUT2D eigenvalue weighted by molar-refractivity contribution is 7.12. The Morgan fingerprint density at radius 3 is 2.84 bits per heavy atom. The van der Waals surface area contributed by atoms with Crippen LogP contribution in [-0.2, 0) is 0 Å². The molecule has 0 aliphatic rings. The molecule has 4 aromatic rings. The van der Waals surface area contributed by atoms with Gasteiger partial charge in [-0.25, -0.2) is 14.6 Å². The average Bonchev–Trinajstić information content (AvgIpc) is 3.26. The number of benzene rings is 1. The Kier molecular flexibility index (Phi) is 3.77. The van der Waals surface area contributed by atoms with E-state index in [9.17, 15) is 0 Å². The standard InChI is InChI=1S/C18H15N5OS/c1-11-10-25-18(20-11)23-17-8-13(6-7-14(17)9-19-23)16-5-3-4-15(21-16)12(2)22-24/h3-10,24H,1-2H3. The summed E-state index contributed by atoms with van der Waals surface area (Å²) < 4.78 is 1.85. The molecule has 25 heavy (non-hydrogen) atoms. The third kappa shape index (κ3) is 2.78. The molecular weight excluding hydrogens is 334 g/mol. The number of nitrogens with zero attached hydrogens (tertiary/aromatic N) is 5. The highest BCUT2D eigenvalue weighted by Gasteiger charge is 2.11. The maximum Gasteiger partial charge on any atom is 0.211 e. The average molecular weight is 349 g/mol. The SMILES string of the molecule is CC(=NO)c1cccc(-c2ccc3cnn(-c4nc(C)cs4)c3c2)n1. The molecule has 1 N–H and O–H groups in total. The van der Waals surface area contributed by atoms with Crippen molar-refractivity contribution in [2.45, 2.75) is 13.8 Å². The first-order chi connectivity index (χ1) is 12.2. The van der Waals surface area contributed by atoms with E-state index >= 15 is 0 Å². The molecule has 3 heterocycles. The smallest absolute Gasteiger partial charge is 0.211 e. The van der Waals surface area contributed by atoms with E-state index in [4.69, 9.17) is 5.21 Å². The van der Waals surface area contributed by atoms with Crippen LogP contribution in [-0.4, -0.2) is 30.7 Å². The quantitative estimate of drug-likeness (QED) is 0.344. The second kappa shape index (κ2) is 6.10. The van der Waals surface area contributed by atoms with Gasteiger partial charge in [-0.05, 0) is 32.0 Å². The van der Waals surface area contributed by atoms with Gasteiger partial charge < -0.3 is 5.21 Å². The maximum atomic E-state index is 8.96. The molecule has 3 aromatic heterocycles. The van der Waals surface area contributed by atoms with Crippen molar-refractivity contribution in [1.29, 1.82) is 0 Å². The van der Waals surface area contributed by atoms with Crippen LogP contribution in [0.3, 0.4) is 0 Å². The van der Waals surface area contributed by atoms with Crippen LogP contribution in [0.1, 0.15) is 18.3 Å². The van der Waals surface area contributed by atoms with Crippen LogP contribution in [0.15, 0.2) is 53.1 Å². The van der Waals surface area contributed by atoms with Gasteiger partial charge in [-0.1, -0.05) is 23.4 Å². The Morgan fingerprint density at radius 1 is 1.20 bits per heavy atom. The molecule has 0 aliphatic carbocycles. The van der Waals surface area contributed by atoms with Crippen LogP contribution in [0.5, 0.6) is 0 Å².